The van der Waals surface area contributed by atoms with Gasteiger partial charge in [-0.25, -0.2) is 0 Å². The standard InChI is InChI=1S/C11H15N3O/c1-8(7-15)14-10-2-3-11(13)9(6-10)4-5-12/h2-3,6,8,14-15H,4,7,13H2,1H3. The molecule has 4 N–H and O–H groups in total. The number of rotatable bonds is 4. The third-order valence-electron chi connectivity index (χ3n) is 2.10. The summed E-state index contributed by atoms with van der Waals surface area (Å²) in [4.78, 5) is 0. The molecule has 0 amide bonds. The van der Waals surface area contributed by atoms with Gasteiger partial charge in [0, 0.05) is 17.4 Å². The van der Waals surface area contributed by atoms with Crippen LogP contribution in [-0.4, -0.2) is 17.8 Å². The number of nitrogens with one attached hydrogen (secondary N) is 1. The van der Waals surface area contributed by atoms with Gasteiger partial charge < -0.3 is 16.2 Å². The van der Waals surface area contributed by atoms with Crippen molar-refractivity contribution in [2.45, 2.75) is 19.4 Å². The van der Waals surface area contributed by atoms with E-state index < -0.39 is 0 Å². The highest BCUT2D eigenvalue weighted by Gasteiger charge is 2.03. The van der Waals surface area contributed by atoms with Crippen molar-refractivity contribution in [2.75, 3.05) is 17.7 Å². The fourth-order valence-electron chi connectivity index (χ4n) is 1.26. The first-order chi connectivity index (χ1) is 7.17. The van der Waals surface area contributed by atoms with Crippen LogP contribution in [0.15, 0.2) is 18.2 Å². The summed E-state index contributed by atoms with van der Waals surface area (Å²) in [5.41, 5.74) is 8.02. The smallest absolute Gasteiger partial charge is 0.0670 e. The predicted molar refractivity (Wildman–Crippen MR) is 60.3 cm³/mol. The van der Waals surface area contributed by atoms with Gasteiger partial charge in [0.15, 0.2) is 0 Å². The number of nitriles is 1. The molecule has 0 saturated carbocycles. The molecule has 1 aromatic rings. The Hall–Kier alpha value is -1.73. The second-order valence-corrected chi connectivity index (χ2v) is 3.48. The first-order valence-corrected chi connectivity index (χ1v) is 4.80. The third kappa shape index (κ3) is 3.15. The number of benzene rings is 1. The molecule has 1 atom stereocenters. The molecule has 0 spiro atoms. The molecule has 4 heteroatoms. The zero-order chi connectivity index (χ0) is 11.3. The van der Waals surface area contributed by atoms with E-state index in [-0.39, 0.29) is 12.6 Å². The Morgan fingerprint density at radius 2 is 2.33 bits per heavy atom. The molecule has 80 valence electrons. The highest BCUT2D eigenvalue weighted by molar-refractivity contribution is 5.58. The largest absolute Gasteiger partial charge is 0.398 e. The Morgan fingerprint density at radius 3 is 2.93 bits per heavy atom. The van der Waals surface area contributed by atoms with Crippen molar-refractivity contribution in [3.63, 3.8) is 0 Å². The Bertz CT molecular complexity index is 371. The zero-order valence-corrected chi connectivity index (χ0v) is 8.70. The van der Waals surface area contributed by atoms with Crippen molar-refractivity contribution >= 4 is 11.4 Å². The molecule has 0 saturated heterocycles. The minimum atomic E-state index is -0.0106. The number of hydrogen-bond donors (Lipinski definition) is 3. The molecule has 0 fully saturated rings. The minimum Gasteiger partial charge on any atom is -0.398 e. The van der Waals surface area contributed by atoms with Crippen LogP contribution in [0.4, 0.5) is 11.4 Å². The van der Waals surface area contributed by atoms with Crippen molar-refractivity contribution < 1.29 is 5.11 Å². The molecule has 4 nitrogen and oxygen atoms in total. The van der Waals surface area contributed by atoms with Gasteiger partial charge in [-0.2, -0.15) is 5.26 Å². The monoisotopic (exact) mass is 205 g/mol. The zero-order valence-electron chi connectivity index (χ0n) is 8.70. The molecule has 0 aliphatic rings. The molecule has 0 bridgehead atoms. The van der Waals surface area contributed by atoms with E-state index in [9.17, 15) is 0 Å². The van der Waals surface area contributed by atoms with Crippen molar-refractivity contribution in [1.82, 2.24) is 0 Å². The van der Waals surface area contributed by atoms with Gasteiger partial charge in [-0.1, -0.05) is 0 Å². The van der Waals surface area contributed by atoms with E-state index in [1.165, 1.54) is 0 Å². The SMILES string of the molecule is CC(CO)Nc1ccc(N)c(CC#N)c1. The third-order valence-corrected chi connectivity index (χ3v) is 2.10. The van der Waals surface area contributed by atoms with Crippen LogP contribution in [0.2, 0.25) is 0 Å². The van der Waals surface area contributed by atoms with Gasteiger partial charge >= 0.3 is 0 Å². The lowest BCUT2D eigenvalue weighted by Crippen LogP contribution is -2.19. The van der Waals surface area contributed by atoms with E-state index in [2.05, 4.69) is 11.4 Å². The van der Waals surface area contributed by atoms with Crippen LogP contribution in [0.3, 0.4) is 0 Å². The molecule has 0 heterocycles. The van der Waals surface area contributed by atoms with Gasteiger partial charge in [-0.05, 0) is 30.7 Å². The van der Waals surface area contributed by atoms with Crippen molar-refractivity contribution in [2.24, 2.45) is 0 Å². The molecule has 0 radical (unpaired) electrons. The summed E-state index contributed by atoms with van der Waals surface area (Å²) < 4.78 is 0. The van der Waals surface area contributed by atoms with Crippen LogP contribution >= 0.6 is 0 Å². The summed E-state index contributed by atoms with van der Waals surface area (Å²) in [6.07, 6.45) is 0.300. The van der Waals surface area contributed by atoms with E-state index in [4.69, 9.17) is 16.1 Å². The molecule has 0 aliphatic carbocycles. The predicted octanol–water partition coefficient (Wildman–Crippen LogP) is 1.13. The Labute approximate surface area is 89.3 Å². The van der Waals surface area contributed by atoms with Crippen molar-refractivity contribution in [1.29, 1.82) is 5.26 Å². The number of aliphatic hydroxyl groups excluding tert-OH is 1. The maximum atomic E-state index is 8.88. The van der Waals surface area contributed by atoms with Crippen LogP contribution in [0, 0.1) is 11.3 Å². The van der Waals surface area contributed by atoms with Crippen molar-refractivity contribution in [3.05, 3.63) is 23.8 Å². The lowest BCUT2D eigenvalue weighted by molar-refractivity contribution is 0.281. The number of nitrogen functional groups attached to an aromatic ring is 1. The van der Waals surface area contributed by atoms with Gasteiger partial charge in [0.1, 0.15) is 0 Å². The van der Waals surface area contributed by atoms with Gasteiger partial charge in [0.05, 0.1) is 19.1 Å². The Balaban J connectivity index is 2.83. The molecule has 0 aromatic heterocycles. The Kier molecular flexibility index (Phi) is 3.95. The highest BCUT2D eigenvalue weighted by atomic mass is 16.3. The van der Waals surface area contributed by atoms with Crippen LogP contribution in [0.1, 0.15) is 12.5 Å². The Morgan fingerprint density at radius 1 is 1.60 bits per heavy atom. The first kappa shape index (κ1) is 11.3. The maximum Gasteiger partial charge on any atom is 0.0670 e. The number of anilines is 2. The van der Waals surface area contributed by atoms with E-state index in [1.807, 2.05) is 19.1 Å². The maximum absolute atomic E-state index is 8.88. The number of aliphatic hydroxyl groups is 1. The second kappa shape index (κ2) is 5.23. The normalized spacial score (nSPS) is 11.8. The fourth-order valence-corrected chi connectivity index (χ4v) is 1.26. The molecule has 15 heavy (non-hydrogen) atoms. The molecule has 1 aromatic carbocycles. The van der Waals surface area contributed by atoms with Crippen LogP contribution in [0.25, 0.3) is 0 Å². The summed E-state index contributed by atoms with van der Waals surface area (Å²) in [6.45, 7) is 1.94. The van der Waals surface area contributed by atoms with E-state index in [1.54, 1.807) is 6.07 Å². The molecule has 1 unspecified atom stereocenters. The lowest BCUT2D eigenvalue weighted by Gasteiger charge is -2.13. The summed E-state index contributed by atoms with van der Waals surface area (Å²) in [5.74, 6) is 0. The van der Waals surface area contributed by atoms with E-state index in [0.717, 1.165) is 11.3 Å². The van der Waals surface area contributed by atoms with Gasteiger partial charge in [-0.15, -0.1) is 0 Å². The fraction of sp³-hybridized carbons (Fsp3) is 0.364. The van der Waals surface area contributed by atoms with Crippen LogP contribution < -0.4 is 11.1 Å². The summed E-state index contributed by atoms with van der Waals surface area (Å²) in [5, 5.41) is 20.6. The summed E-state index contributed by atoms with van der Waals surface area (Å²) >= 11 is 0. The first-order valence-electron chi connectivity index (χ1n) is 4.80. The van der Waals surface area contributed by atoms with E-state index in [0.29, 0.717) is 12.1 Å². The molecule has 0 aliphatic heterocycles. The summed E-state index contributed by atoms with van der Waals surface area (Å²) in [7, 11) is 0. The topological polar surface area (TPSA) is 82.1 Å². The van der Waals surface area contributed by atoms with Crippen LogP contribution in [-0.2, 0) is 6.42 Å². The quantitative estimate of drug-likeness (QED) is 0.643. The number of nitrogens with two attached hydrogens (primary N) is 1. The second-order valence-electron chi connectivity index (χ2n) is 3.48. The van der Waals surface area contributed by atoms with Crippen LogP contribution in [0.5, 0.6) is 0 Å². The van der Waals surface area contributed by atoms with Crippen molar-refractivity contribution in [3.8, 4) is 6.07 Å². The molecular formula is C11H15N3O. The summed E-state index contributed by atoms with van der Waals surface area (Å²) in [6, 6.07) is 7.49. The average molecular weight is 205 g/mol. The number of hydrogen-bond acceptors (Lipinski definition) is 4. The van der Waals surface area contributed by atoms with Gasteiger partial charge in [-0.3, -0.25) is 0 Å². The molecule has 1 rings (SSSR count). The average Bonchev–Trinajstić information content (AvgIpc) is 2.23. The van der Waals surface area contributed by atoms with E-state index >= 15 is 0 Å². The van der Waals surface area contributed by atoms with Gasteiger partial charge in [0.2, 0.25) is 0 Å². The molecular weight excluding hydrogens is 190 g/mol. The lowest BCUT2D eigenvalue weighted by atomic mass is 10.1. The minimum absolute atomic E-state index is 0.0106. The van der Waals surface area contributed by atoms with Gasteiger partial charge in [0.25, 0.3) is 0 Å². The number of nitrogens with zero attached hydrogens (tertiary/aromatic N) is 1. The highest BCUT2D eigenvalue weighted by Crippen LogP contribution is 2.18.